The Morgan fingerprint density at radius 3 is 2.15 bits per heavy atom. The molecule has 2 aromatic carbocycles. The Morgan fingerprint density at radius 2 is 1.54 bits per heavy atom. The van der Waals surface area contributed by atoms with E-state index >= 15 is 0 Å². The summed E-state index contributed by atoms with van der Waals surface area (Å²) in [7, 11) is 0. The zero-order chi connectivity index (χ0) is 19.2. The second-order valence-electron chi connectivity index (χ2n) is 5.44. The number of carbonyl (C=O) groups is 2. The van der Waals surface area contributed by atoms with Gasteiger partial charge in [0.1, 0.15) is 24.6 Å². The van der Waals surface area contributed by atoms with Crippen LogP contribution in [0.2, 0.25) is 0 Å². The van der Waals surface area contributed by atoms with Crippen molar-refractivity contribution in [2.75, 3.05) is 6.61 Å². The van der Waals surface area contributed by atoms with E-state index in [1.54, 1.807) is 6.92 Å². The van der Waals surface area contributed by atoms with Gasteiger partial charge in [0.05, 0.1) is 6.61 Å². The van der Waals surface area contributed by atoms with Crippen LogP contribution in [0.15, 0.2) is 54.6 Å². The molecule has 0 spiro atoms. The fraction of sp³-hybridized carbons (Fsp3) is 0.364. The third-order valence-corrected chi connectivity index (χ3v) is 3.51. The molecular weight excluding hydrogens is 328 g/mol. The average Bonchev–Trinajstić information content (AvgIpc) is 2.68. The summed E-state index contributed by atoms with van der Waals surface area (Å²) in [6.07, 6.45) is 0.798. The Kier molecular flexibility index (Phi) is 10.5. The van der Waals surface area contributed by atoms with Crippen LogP contribution in [0.4, 0.5) is 0 Å². The van der Waals surface area contributed by atoms with Crippen LogP contribution in [-0.4, -0.2) is 18.4 Å². The Bertz CT molecular complexity index is 648. The molecule has 0 aromatic heterocycles. The fourth-order valence-corrected chi connectivity index (χ4v) is 2.24. The van der Waals surface area contributed by atoms with Gasteiger partial charge in [-0.1, -0.05) is 56.3 Å². The van der Waals surface area contributed by atoms with Gasteiger partial charge in [-0.2, -0.15) is 0 Å². The molecule has 4 heteroatoms. The van der Waals surface area contributed by atoms with Crippen molar-refractivity contribution in [3.05, 3.63) is 65.7 Å². The zero-order valence-electron chi connectivity index (χ0n) is 15.9. The lowest BCUT2D eigenvalue weighted by Crippen LogP contribution is -2.11. The maximum atomic E-state index is 11.7. The second kappa shape index (κ2) is 12.7. The van der Waals surface area contributed by atoms with Gasteiger partial charge in [0.25, 0.3) is 0 Å². The molecule has 0 amide bonds. The van der Waals surface area contributed by atoms with Gasteiger partial charge in [-0.25, -0.2) is 0 Å². The van der Waals surface area contributed by atoms with Crippen LogP contribution in [0.1, 0.15) is 44.7 Å². The quantitative estimate of drug-likeness (QED) is 0.481. The lowest BCUT2D eigenvalue weighted by atomic mass is 10.1. The van der Waals surface area contributed by atoms with Crippen molar-refractivity contribution < 1.29 is 19.1 Å². The summed E-state index contributed by atoms with van der Waals surface area (Å²) in [4.78, 5) is 22.9. The first-order valence-corrected chi connectivity index (χ1v) is 9.10. The molecule has 0 bridgehead atoms. The van der Waals surface area contributed by atoms with Crippen LogP contribution in [0.5, 0.6) is 5.75 Å². The van der Waals surface area contributed by atoms with Gasteiger partial charge in [0, 0.05) is 6.42 Å². The summed E-state index contributed by atoms with van der Waals surface area (Å²) in [5, 5.41) is 0. The van der Waals surface area contributed by atoms with Crippen molar-refractivity contribution in [1.29, 1.82) is 0 Å². The standard InChI is InChI=1S/C20H22O4.C2H6/c1-2-23-20(22)14-18(21)11-8-16-9-12-19(13-10-16)24-15-17-6-4-3-5-7-17;1-2/h3-7,9-10,12-13H,2,8,11,14-15H2,1H3;1-2H3. The third kappa shape index (κ3) is 8.47. The maximum Gasteiger partial charge on any atom is 0.313 e. The van der Waals surface area contributed by atoms with Gasteiger partial charge >= 0.3 is 5.97 Å². The Hall–Kier alpha value is -2.62. The summed E-state index contributed by atoms with van der Waals surface area (Å²) in [5.41, 5.74) is 2.16. The zero-order valence-corrected chi connectivity index (χ0v) is 15.9. The minimum absolute atomic E-state index is 0.0992. The highest BCUT2D eigenvalue weighted by molar-refractivity contribution is 5.95. The normalized spacial score (nSPS) is 9.65. The van der Waals surface area contributed by atoms with Gasteiger partial charge in [-0.3, -0.25) is 9.59 Å². The minimum atomic E-state index is -0.452. The molecule has 2 rings (SSSR count). The SMILES string of the molecule is CC.CCOC(=O)CC(=O)CCc1ccc(OCc2ccccc2)cc1. The number of aryl methyl sites for hydroxylation is 1. The molecule has 0 saturated carbocycles. The highest BCUT2D eigenvalue weighted by Crippen LogP contribution is 2.15. The van der Waals surface area contributed by atoms with Crippen molar-refractivity contribution in [2.24, 2.45) is 0 Å². The largest absolute Gasteiger partial charge is 0.489 e. The van der Waals surface area contributed by atoms with E-state index in [0.717, 1.165) is 16.9 Å². The van der Waals surface area contributed by atoms with Crippen molar-refractivity contribution in [3.8, 4) is 5.75 Å². The van der Waals surface area contributed by atoms with Gasteiger partial charge < -0.3 is 9.47 Å². The molecule has 0 heterocycles. The molecule has 0 unspecified atom stereocenters. The fourth-order valence-electron chi connectivity index (χ4n) is 2.24. The van der Waals surface area contributed by atoms with E-state index in [2.05, 4.69) is 0 Å². The minimum Gasteiger partial charge on any atom is -0.489 e. The van der Waals surface area contributed by atoms with E-state index in [1.165, 1.54) is 0 Å². The van der Waals surface area contributed by atoms with E-state index in [4.69, 9.17) is 9.47 Å². The topological polar surface area (TPSA) is 52.6 Å². The van der Waals surface area contributed by atoms with Gasteiger partial charge in [0.2, 0.25) is 0 Å². The van der Waals surface area contributed by atoms with Crippen molar-refractivity contribution in [3.63, 3.8) is 0 Å². The molecule has 0 radical (unpaired) electrons. The summed E-state index contributed by atoms with van der Waals surface area (Å²) < 4.78 is 10.5. The number of ether oxygens (including phenoxy) is 2. The highest BCUT2D eigenvalue weighted by atomic mass is 16.5. The Morgan fingerprint density at radius 1 is 0.885 bits per heavy atom. The predicted molar refractivity (Wildman–Crippen MR) is 103 cm³/mol. The van der Waals surface area contributed by atoms with Crippen LogP contribution in [0, 0.1) is 0 Å². The lowest BCUT2D eigenvalue weighted by Gasteiger charge is -2.07. The van der Waals surface area contributed by atoms with E-state index in [9.17, 15) is 9.59 Å². The van der Waals surface area contributed by atoms with Crippen molar-refractivity contribution in [2.45, 2.75) is 46.6 Å². The van der Waals surface area contributed by atoms with Gasteiger partial charge in [-0.15, -0.1) is 0 Å². The first kappa shape index (κ1) is 21.4. The average molecular weight is 356 g/mol. The first-order chi connectivity index (χ1) is 12.7. The number of Topliss-reactive ketones (excluding diaryl/α,β-unsaturated/α-hetero) is 1. The number of ketones is 1. The van der Waals surface area contributed by atoms with Crippen LogP contribution in [0.25, 0.3) is 0 Å². The number of rotatable bonds is 9. The van der Waals surface area contributed by atoms with Gasteiger partial charge in [-0.05, 0) is 36.6 Å². The third-order valence-electron chi connectivity index (χ3n) is 3.51. The molecule has 4 nitrogen and oxygen atoms in total. The van der Waals surface area contributed by atoms with Crippen LogP contribution in [-0.2, 0) is 27.4 Å². The number of carbonyl (C=O) groups excluding carboxylic acids is 2. The Labute approximate surface area is 156 Å². The van der Waals surface area contributed by atoms with Crippen molar-refractivity contribution >= 4 is 11.8 Å². The molecular formula is C22H28O4. The van der Waals surface area contributed by atoms with Crippen LogP contribution < -0.4 is 4.74 Å². The number of esters is 1. The molecule has 2 aromatic rings. The number of hydrogen-bond donors (Lipinski definition) is 0. The predicted octanol–water partition coefficient (Wildman–Crippen LogP) is 4.75. The van der Waals surface area contributed by atoms with Crippen LogP contribution in [0.3, 0.4) is 0 Å². The lowest BCUT2D eigenvalue weighted by molar-refractivity contribution is -0.145. The second-order valence-corrected chi connectivity index (χ2v) is 5.44. The van der Waals surface area contributed by atoms with E-state index in [-0.39, 0.29) is 12.2 Å². The molecule has 0 atom stereocenters. The Balaban J connectivity index is 0.00000163. The molecule has 26 heavy (non-hydrogen) atoms. The monoisotopic (exact) mass is 356 g/mol. The van der Waals surface area contributed by atoms with Gasteiger partial charge in [0.15, 0.2) is 0 Å². The number of hydrogen-bond acceptors (Lipinski definition) is 4. The summed E-state index contributed by atoms with van der Waals surface area (Å²) in [5.74, 6) is 0.241. The first-order valence-electron chi connectivity index (χ1n) is 9.10. The molecule has 0 N–H and O–H groups in total. The summed E-state index contributed by atoms with van der Waals surface area (Å²) in [6, 6.07) is 17.6. The molecule has 0 aliphatic carbocycles. The molecule has 0 aliphatic heterocycles. The van der Waals surface area contributed by atoms with Crippen LogP contribution >= 0.6 is 0 Å². The molecule has 0 aliphatic rings. The molecule has 0 fully saturated rings. The van der Waals surface area contributed by atoms with Crippen molar-refractivity contribution in [1.82, 2.24) is 0 Å². The maximum absolute atomic E-state index is 11.7. The van der Waals surface area contributed by atoms with E-state index < -0.39 is 5.97 Å². The summed E-state index contributed by atoms with van der Waals surface area (Å²) in [6.45, 7) is 6.55. The van der Waals surface area contributed by atoms with E-state index in [1.807, 2.05) is 68.4 Å². The molecule has 0 saturated heterocycles. The smallest absolute Gasteiger partial charge is 0.313 e. The summed E-state index contributed by atoms with van der Waals surface area (Å²) >= 11 is 0. The van der Waals surface area contributed by atoms with E-state index in [0.29, 0.717) is 26.1 Å². The highest BCUT2D eigenvalue weighted by Gasteiger charge is 2.10. The molecule has 140 valence electrons. The number of benzene rings is 2.